The van der Waals surface area contributed by atoms with Crippen LogP contribution in [0.3, 0.4) is 0 Å². The fourth-order valence-corrected chi connectivity index (χ4v) is 2.55. The van der Waals surface area contributed by atoms with Crippen LogP contribution < -0.4 is 5.32 Å². The Balaban J connectivity index is 1.79. The highest BCUT2D eigenvalue weighted by molar-refractivity contribution is 5.14. The van der Waals surface area contributed by atoms with Gasteiger partial charge in [-0.3, -0.25) is 9.58 Å². The zero-order chi connectivity index (χ0) is 14.6. The number of nitrogens with one attached hydrogen (secondary N) is 1. The van der Waals surface area contributed by atoms with Gasteiger partial charge in [-0.1, -0.05) is 37.6 Å². The van der Waals surface area contributed by atoms with Crippen molar-refractivity contribution in [3.05, 3.63) is 23.5 Å². The van der Waals surface area contributed by atoms with Crippen LogP contribution in [0.4, 0.5) is 0 Å². The maximum atomic E-state index is 4.16. The van der Waals surface area contributed by atoms with E-state index >= 15 is 0 Å². The summed E-state index contributed by atoms with van der Waals surface area (Å²) in [6, 6.07) is 0. The maximum absolute atomic E-state index is 4.16. The van der Waals surface area contributed by atoms with Gasteiger partial charge in [-0.15, -0.1) is 5.10 Å². The molecule has 0 unspecified atom stereocenters. The van der Waals surface area contributed by atoms with Gasteiger partial charge in [0.15, 0.2) is 0 Å². The molecule has 2 heterocycles. The van der Waals surface area contributed by atoms with Crippen molar-refractivity contribution in [2.45, 2.75) is 40.3 Å². The van der Waals surface area contributed by atoms with Crippen LogP contribution in [0.15, 0.2) is 17.8 Å². The van der Waals surface area contributed by atoms with Crippen molar-refractivity contribution < 1.29 is 0 Å². The van der Waals surface area contributed by atoms with Crippen molar-refractivity contribution in [3.8, 4) is 0 Å². The molecular formula is C15H27N5. The molecule has 1 aliphatic rings. The summed E-state index contributed by atoms with van der Waals surface area (Å²) < 4.78 is 1.94. The van der Waals surface area contributed by atoms with Gasteiger partial charge in [-0.2, -0.15) is 0 Å². The SMILES string of the molecule is CNCc1cn(CCN2CC=C(C(C)(C)C)CC2)nn1. The van der Waals surface area contributed by atoms with Gasteiger partial charge in [0.1, 0.15) is 0 Å². The van der Waals surface area contributed by atoms with Gasteiger partial charge >= 0.3 is 0 Å². The second-order valence-electron chi connectivity index (χ2n) is 6.53. The largest absolute Gasteiger partial charge is 0.314 e. The lowest BCUT2D eigenvalue weighted by Crippen LogP contribution is -2.33. The number of rotatable bonds is 5. The third kappa shape index (κ3) is 4.15. The minimum Gasteiger partial charge on any atom is -0.314 e. The molecule has 0 bridgehead atoms. The van der Waals surface area contributed by atoms with Gasteiger partial charge in [0.05, 0.1) is 12.2 Å². The van der Waals surface area contributed by atoms with Crippen molar-refractivity contribution in [2.75, 3.05) is 26.7 Å². The monoisotopic (exact) mass is 277 g/mol. The minimum absolute atomic E-state index is 0.319. The lowest BCUT2D eigenvalue weighted by molar-refractivity contribution is 0.263. The predicted molar refractivity (Wildman–Crippen MR) is 81.4 cm³/mol. The molecule has 2 rings (SSSR count). The number of nitrogens with zero attached hydrogens (tertiary/aromatic N) is 4. The lowest BCUT2D eigenvalue weighted by atomic mass is 9.83. The molecule has 0 atom stereocenters. The number of hydrogen-bond donors (Lipinski definition) is 1. The predicted octanol–water partition coefficient (Wildman–Crippen LogP) is 1.68. The van der Waals surface area contributed by atoms with Crippen molar-refractivity contribution in [3.63, 3.8) is 0 Å². The molecule has 0 saturated carbocycles. The van der Waals surface area contributed by atoms with E-state index in [1.54, 1.807) is 5.57 Å². The fraction of sp³-hybridized carbons (Fsp3) is 0.733. The molecular weight excluding hydrogens is 250 g/mol. The van der Waals surface area contributed by atoms with Crippen molar-refractivity contribution in [1.82, 2.24) is 25.2 Å². The molecule has 1 aliphatic heterocycles. The quantitative estimate of drug-likeness (QED) is 0.832. The first kappa shape index (κ1) is 15.2. The average Bonchev–Trinajstić information content (AvgIpc) is 2.84. The Bertz CT molecular complexity index is 455. The first-order valence-electron chi connectivity index (χ1n) is 7.44. The van der Waals surface area contributed by atoms with Crippen LogP contribution in [-0.2, 0) is 13.1 Å². The van der Waals surface area contributed by atoms with Gasteiger partial charge in [0, 0.05) is 32.4 Å². The summed E-state index contributed by atoms with van der Waals surface area (Å²) >= 11 is 0. The normalized spacial score (nSPS) is 17.3. The molecule has 1 aromatic rings. The average molecular weight is 277 g/mol. The van der Waals surface area contributed by atoms with Gasteiger partial charge in [0.25, 0.3) is 0 Å². The summed E-state index contributed by atoms with van der Waals surface area (Å²) in [5, 5.41) is 11.4. The van der Waals surface area contributed by atoms with Crippen LogP contribution in [0.2, 0.25) is 0 Å². The van der Waals surface area contributed by atoms with E-state index in [1.807, 2.05) is 17.9 Å². The third-order valence-electron chi connectivity index (χ3n) is 3.85. The number of hydrogen-bond acceptors (Lipinski definition) is 4. The van der Waals surface area contributed by atoms with Crippen molar-refractivity contribution in [1.29, 1.82) is 0 Å². The molecule has 112 valence electrons. The number of aromatic nitrogens is 3. The Labute approximate surface area is 122 Å². The molecule has 5 nitrogen and oxygen atoms in total. The Kier molecular flexibility index (Phi) is 4.94. The highest BCUT2D eigenvalue weighted by atomic mass is 15.4. The zero-order valence-electron chi connectivity index (χ0n) is 13.2. The second-order valence-corrected chi connectivity index (χ2v) is 6.53. The molecule has 1 N–H and O–H groups in total. The van der Waals surface area contributed by atoms with E-state index < -0.39 is 0 Å². The summed E-state index contributed by atoms with van der Waals surface area (Å²) in [5.74, 6) is 0. The van der Waals surface area contributed by atoms with Crippen LogP contribution >= 0.6 is 0 Å². The van der Waals surface area contributed by atoms with Gasteiger partial charge < -0.3 is 5.32 Å². The first-order chi connectivity index (χ1) is 9.49. The highest BCUT2D eigenvalue weighted by Gasteiger charge is 2.20. The van der Waals surface area contributed by atoms with E-state index in [1.165, 1.54) is 6.42 Å². The van der Waals surface area contributed by atoms with Crippen LogP contribution in [0.5, 0.6) is 0 Å². The van der Waals surface area contributed by atoms with Crippen molar-refractivity contribution in [2.24, 2.45) is 5.41 Å². The first-order valence-corrected chi connectivity index (χ1v) is 7.44. The Hall–Kier alpha value is -1.20. The van der Waals surface area contributed by atoms with Crippen LogP contribution in [0, 0.1) is 5.41 Å². The zero-order valence-corrected chi connectivity index (χ0v) is 13.2. The Morgan fingerprint density at radius 2 is 2.10 bits per heavy atom. The molecule has 0 aromatic carbocycles. The molecule has 0 fully saturated rings. The summed E-state index contributed by atoms with van der Waals surface area (Å²) in [6.45, 7) is 11.8. The van der Waals surface area contributed by atoms with E-state index in [2.05, 4.69) is 47.4 Å². The van der Waals surface area contributed by atoms with Gasteiger partial charge in [0.2, 0.25) is 0 Å². The summed E-state index contributed by atoms with van der Waals surface area (Å²) in [6.07, 6.45) is 5.61. The van der Waals surface area contributed by atoms with Crippen molar-refractivity contribution >= 4 is 0 Å². The van der Waals surface area contributed by atoms with Gasteiger partial charge in [-0.25, -0.2) is 0 Å². The summed E-state index contributed by atoms with van der Waals surface area (Å²) in [5.41, 5.74) is 2.91. The second kappa shape index (κ2) is 6.50. The topological polar surface area (TPSA) is 46.0 Å². The molecule has 20 heavy (non-hydrogen) atoms. The van der Waals surface area contributed by atoms with E-state index in [9.17, 15) is 0 Å². The molecule has 0 amide bonds. The lowest BCUT2D eigenvalue weighted by Gasteiger charge is -2.32. The minimum atomic E-state index is 0.319. The Morgan fingerprint density at radius 3 is 2.70 bits per heavy atom. The Morgan fingerprint density at radius 1 is 1.30 bits per heavy atom. The molecule has 0 spiro atoms. The highest BCUT2D eigenvalue weighted by Crippen LogP contribution is 2.29. The smallest absolute Gasteiger partial charge is 0.0964 e. The summed E-state index contributed by atoms with van der Waals surface area (Å²) in [4.78, 5) is 2.48. The van der Waals surface area contributed by atoms with Crippen LogP contribution in [0.25, 0.3) is 0 Å². The van der Waals surface area contributed by atoms with Crippen LogP contribution in [0.1, 0.15) is 32.9 Å². The molecule has 0 aliphatic carbocycles. The fourth-order valence-electron chi connectivity index (χ4n) is 2.55. The van der Waals surface area contributed by atoms with E-state index in [-0.39, 0.29) is 0 Å². The molecule has 0 saturated heterocycles. The molecule has 5 heteroatoms. The van der Waals surface area contributed by atoms with Crippen LogP contribution in [-0.4, -0.2) is 46.6 Å². The van der Waals surface area contributed by atoms with E-state index in [0.717, 1.165) is 38.4 Å². The van der Waals surface area contributed by atoms with Gasteiger partial charge in [-0.05, 0) is 18.9 Å². The maximum Gasteiger partial charge on any atom is 0.0964 e. The van der Waals surface area contributed by atoms with E-state index in [4.69, 9.17) is 0 Å². The van der Waals surface area contributed by atoms with E-state index in [0.29, 0.717) is 5.41 Å². The third-order valence-corrected chi connectivity index (χ3v) is 3.85. The standard InChI is InChI=1S/C15H27N5/c1-15(2,3)13-5-7-19(8-6-13)9-10-20-12-14(11-16-4)17-18-20/h5,12,16H,6-11H2,1-4H3. The molecule has 1 aromatic heterocycles. The molecule has 0 radical (unpaired) electrons. The summed E-state index contributed by atoms with van der Waals surface area (Å²) in [7, 11) is 1.92.